The molecule has 0 bridgehead atoms. The summed E-state index contributed by atoms with van der Waals surface area (Å²) in [6, 6.07) is 18.9. The van der Waals surface area contributed by atoms with Crippen LogP contribution in [0.4, 0.5) is 5.69 Å². The molecule has 4 rings (SSSR count). The third kappa shape index (κ3) is 17.4. The van der Waals surface area contributed by atoms with Crippen molar-refractivity contribution in [3.8, 4) is 0 Å². The molecule has 3 aromatic rings. The van der Waals surface area contributed by atoms with E-state index < -0.39 is 0 Å². The number of aromatic nitrogens is 1. The van der Waals surface area contributed by atoms with Gasteiger partial charge in [0.2, 0.25) is 0 Å². The molecule has 1 aliphatic heterocycles. The number of benzene rings is 2. The van der Waals surface area contributed by atoms with Gasteiger partial charge in [0, 0.05) is 17.3 Å². The zero-order chi connectivity index (χ0) is 22.8. The topological polar surface area (TPSA) is 30.2 Å². The van der Waals surface area contributed by atoms with Crippen molar-refractivity contribution in [3.63, 3.8) is 0 Å². The van der Waals surface area contributed by atoms with Crippen LogP contribution in [0.1, 0.15) is 74.9 Å². The molecule has 0 aliphatic carbocycles. The molecule has 202 valence electrons. The minimum absolute atomic E-state index is 0. The van der Waals surface area contributed by atoms with Crippen LogP contribution in [0.25, 0.3) is 16.2 Å². The maximum Gasteiger partial charge on any atom is 2.00 e. The number of pyridine rings is 1. The molecule has 0 N–H and O–H groups in total. The van der Waals surface area contributed by atoms with Gasteiger partial charge in [0.05, 0.1) is 5.52 Å². The van der Waals surface area contributed by atoms with Crippen molar-refractivity contribution < 1.29 is 21.1 Å². The first kappa shape index (κ1) is 46.6. The molecule has 1 aromatic heterocycles. The molecule has 0 unspecified atom stereocenters. The van der Waals surface area contributed by atoms with Crippen LogP contribution in [0.2, 0.25) is 0 Å². The van der Waals surface area contributed by atoms with Crippen LogP contribution in [0, 0.1) is 21.3 Å². The Morgan fingerprint density at radius 1 is 0.714 bits per heavy atom. The van der Waals surface area contributed by atoms with Gasteiger partial charge in [-0.1, -0.05) is 105 Å². The Kier molecular flexibility index (Phi) is 40.4. The Hall–Kier alpha value is -1.70. The van der Waals surface area contributed by atoms with E-state index in [4.69, 9.17) is 0 Å². The first-order valence-corrected chi connectivity index (χ1v) is 11.5. The largest absolute Gasteiger partial charge is 2.00 e. The van der Waals surface area contributed by atoms with Crippen molar-refractivity contribution in [1.82, 2.24) is 4.98 Å². The predicted octanol–water partition coefficient (Wildman–Crippen LogP) is 10.2. The summed E-state index contributed by atoms with van der Waals surface area (Å²) in [5, 5.41) is 5.62. The van der Waals surface area contributed by atoms with Gasteiger partial charge >= 0.3 is 21.1 Å². The van der Waals surface area contributed by atoms with Crippen LogP contribution in [0.3, 0.4) is 0 Å². The Morgan fingerprint density at radius 3 is 1.66 bits per heavy atom. The van der Waals surface area contributed by atoms with Gasteiger partial charge in [-0.25, -0.2) is 0 Å². The van der Waals surface area contributed by atoms with Gasteiger partial charge < -0.3 is 17.6 Å². The third-order valence-electron chi connectivity index (χ3n) is 4.19. The van der Waals surface area contributed by atoms with E-state index in [0.717, 1.165) is 31.7 Å². The minimum atomic E-state index is 0. The number of hydrogen-bond donors (Lipinski definition) is 0. The smallest absolute Gasteiger partial charge is 0.659 e. The van der Waals surface area contributed by atoms with Crippen LogP contribution in [0.15, 0.2) is 60.8 Å². The normalized spacial score (nSPS) is 10.2. The Bertz CT molecular complexity index is 777. The second-order valence-corrected chi connectivity index (χ2v) is 6.16. The average molecular weight is 656 g/mol. The fourth-order valence-electron chi connectivity index (χ4n) is 3.02. The van der Waals surface area contributed by atoms with Crippen LogP contribution < -0.4 is 4.90 Å². The number of hydrogen-bond acceptors (Lipinski definition) is 2. The zero-order valence-electron chi connectivity index (χ0n) is 21.9. The van der Waals surface area contributed by atoms with Crippen molar-refractivity contribution >= 4 is 16.6 Å². The molecule has 0 radical (unpaired) electrons. The molecule has 0 atom stereocenters. The molecule has 0 spiro atoms. The fraction of sp³-hybridized carbons (Fsp3) is 0.484. The minimum Gasteiger partial charge on any atom is -0.659 e. The summed E-state index contributed by atoms with van der Waals surface area (Å²) in [5.41, 5.74) is 5.04. The molecule has 35 heavy (non-hydrogen) atoms. The zero-order valence-corrected chi connectivity index (χ0v) is 24.8. The maximum atomic E-state index is 4.39. The van der Waals surface area contributed by atoms with E-state index in [-0.39, 0.29) is 50.8 Å². The molecule has 1 saturated heterocycles. The van der Waals surface area contributed by atoms with Crippen LogP contribution in [0.5, 0.6) is 0 Å². The maximum absolute atomic E-state index is 4.39. The molecule has 1 fully saturated rings. The predicted molar refractivity (Wildman–Crippen MR) is 164 cm³/mol. The standard InChI is InChI=1S/C13H14N3.C8H10.3C2H6.3CH4.CH3.W/c1-4-12-11(3-2-6-15-12)13(5-1)16-9-7-14-8-10-16;1-7-4-3-5-8(2)6-7;3*1-2;;;;;/h1-6H,7-10H2;3-6H,1-2H3;3*1-2H3;3*1H4;1H3;/q-1;;;;;;;;-1;+2. The van der Waals surface area contributed by atoms with Gasteiger partial charge in [0.25, 0.3) is 0 Å². The van der Waals surface area contributed by atoms with Crippen LogP contribution in [-0.2, 0) is 21.1 Å². The summed E-state index contributed by atoms with van der Waals surface area (Å²) in [6.45, 7) is 20.1. The van der Waals surface area contributed by atoms with E-state index in [1.165, 1.54) is 22.2 Å². The van der Waals surface area contributed by atoms with Gasteiger partial charge in [0.15, 0.2) is 0 Å². The molecule has 2 heterocycles. The summed E-state index contributed by atoms with van der Waals surface area (Å²) in [5.74, 6) is 0. The Labute approximate surface area is 235 Å². The molecule has 2 aromatic carbocycles. The van der Waals surface area contributed by atoms with E-state index >= 15 is 0 Å². The van der Waals surface area contributed by atoms with E-state index in [1.54, 1.807) is 0 Å². The van der Waals surface area contributed by atoms with Crippen molar-refractivity contribution in [2.45, 2.75) is 77.7 Å². The van der Waals surface area contributed by atoms with Gasteiger partial charge in [-0.05, 0) is 51.2 Å². The molecule has 0 saturated carbocycles. The fourth-order valence-corrected chi connectivity index (χ4v) is 3.02. The summed E-state index contributed by atoms with van der Waals surface area (Å²) < 4.78 is 0. The SMILES string of the molecule is C.C.C.CC.CC.CC.Cc1cccc(C)c1.[CH3-].[W+2].c1cc(N2CC[N-]CC2)c2cccnc2c1. The second-order valence-electron chi connectivity index (χ2n) is 6.16. The first-order valence-electron chi connectivity index (χ1n) is 11.5. The van der Waals surface area contributed by atoms with Gasteiger partial charge in [-0.2, -0.15) is 0 Å². The number of piperazine rings is 1. The van der Waals surface area contributed by atoms with Crippen molar-refractivity contribution in [1.29, 1.82) is 0 Å². The number of rotatable bonds is 1. The van der Waals surface area contributed by atoms with Gasteiger partial charge in [-0.15, -0.1) is 13.1 Å². The monoisotopic (exact) mass is 655 g/mol. The van der Waals surface area contributed by atoms with E-state index in [1.807, 2.05) is 53.8 Å². The van der Waals surface area contributed by atoms with E-state index in [2.05, 4.69) is 77.6 Å². The van der Waals surface area contributed by atoms with Crippen LogP contribution in [-0.4, -0.2) is 31.2 Å². The third-order valence-corrected chi connectivity index (χ3v) is 4.19. The van der Waals surface area contributed by atoms with E-state index in [0.29, 0.717) is 0 Å². The van der Waals surface area contributed by atoms with Crippen molar-refractivity contribution in [2.75, 3.05) is 31.1 Å². The molecule has 4 heteroatoms. The summed E-state index contributed by atoms with van der Waals surface area (Å²) in [6.07, 6.45) is 1.84. The molecule has 3 nitrogen and oxygen atoms in total. The molecular weight excluding hydrogens is 598 g/mol. The number of fused-ring (bicyclic) bond motifs is 1. The summed E-state index contributed by atoms with van der Waals surface area (Å²) in [4.78, 5) is 6.79. The summed E-state index contributed by atoms with van der Waals surface area (Å²) in [7, 11) is 0. The number of aryl methyl sites for hydroxylation is 2. The molecular formula is C31H57N3W. The summed E-state index contributed by atoms with van der Waals surface area (Å²) >= 11 is 0. The first-order chi connectivity index (χ1) is 14.7. The average Bonchev–Trinajstić information content (AvgIpc) is 2.83. The Balaban J connectivity index is -0.0000000968. The number of nitrogens with zero attached hydrogens (tertiary/aromatic N) is 3. The Morgan fingerprint density at radius 2 is 1.20 bits per heavy atom. The van der Waals surface area contributed by atoms with E-state index in [9.17, 15) is 0 Å². The van der Waals surface area contributed by atoms with Crippen LogP contribution >= 0.6 is 0 Å². The van der Waals surface area contributed by atoms with Gasteiger partial charge in [0.1, 0.15) is 0 Å². The molecule has 1 aliphatic rings. The second kappa shape index (κ2) is 30.3. The van der Waals surface area contributed by atoms with Gasteiger partial charge in [-0.3, -0.25) is 4.98 Å². The quantitative estimate of drug-likeness (QED) is 0.244. The number of anilines is 1. The van der Waals surface area contributed by atoms with Crippen molar-refractivity contribution in [3.05, 3.63) is 84.7 Å². The van der Waals surface area contributed by atoms with Crippen molar-refractivity contribution in [2.24, 2.45) is 0 Å². The molecule has 0 amide bonds.